The van der Waals surface area contributed by atoms with Gasteiger partial charge >= 0.3 is 0 Å². The van der Waals surface area contributed by atoms with E-state index in [0.717, 1.165) is 33.4 Å². The van der Waals surface area contributed by atoms with Crippen LogP contribution in [0, 0.1) is 6.92 Å². The molecule has 12 nitrogen and oxygen atoms in total. The van der Waals surface area contributed by atoms with Gasteiger partial charge < -0.3 is 29.2 Å². The molecule has 6 heterocycles. The molecule has 0 aromatic carbocycles. The van der Waals surface area contributed by atoms with Crippen LogP contribution >= 0.6 is 0 Å². The lowest BCUT2D eigenvalue weighted by Gasteiger charge is -2.33. The second-order valence-electron chi connectivity index (χ2n) is 10.1. The topological polar surface area (TPSA) is 131 Å². The van der Waals surface area contributed by atoms with Crippen LogP contribution in [0.3, 0.4) is 0 Å². The van der Waals surface area contributed by atoms with Crippen LogP contribution in [-0.4, -0.2) is 83.8 Å². The van der Waals surface area contributed by atoms with E-state index < -0.39 is 12.2 Å². The zero-order chi connectivity index (χ0) is 28.0. The van der Waals surface area contributed by atoms with E-state index in [9.17, 15) is 9.18 Å². The Labute approximate surface area is 229 Å². The molecule has 0 bridgehead atoms. The van der Waals surface area contributed by atoms with E-state index in [2.05, 4.69) is 15.2 Å². The van der Waals surface area contributed by atoms with Gasteiger partial charge in [-0.2, -0.15) is 5.10 Å². The van der Waals surface area contributed by atoms with Crippen LogP contribution in [0.1, 0.15) is 22.3 Å². The van der Waals surface area contributed by atoms with Gasteiger partial charge in [-0.3, -0.25) is 4.79 Å². The SMILES string of the molecule is COc1cc(C(=O)N2C[C@H](N)C[C@@H](F)C2)cn2nc(-c3cc4ccnc(OCCn5cnnc5)c4n3C)c(C)c12. The maximum absolute atomic E-state index is 14.2. The van der Waals surface area contributed by atoms with Crippen molar-refractivity contribution in [1.29, 1.82) is 0 Å². The number of aromatic nitrogens is 7. The summed E-state index contributed by atoms with van der Waals surface area (Å²) >= 11 is 0. The summed E-state index contributed by atoms with van der Waals surface area (Å²) in [5, 5.41) is 13.4. The number of carbonyl (C=O) groups excluding carboxylic acids is 1. The molecular formula is C27H30FN9O3. The number of rotatable bonds is 7. The van der Waals surface area contributed by atoms with Crippen molar-refractivity contribution in [1.82, 2.24) is 38.8 Å². The molecule has 1 saturated heterocycles. The Morgan fingerprint density at radius 1 is 1.20 bits per heavy atom. The van der Waals surface area contributed by atoms with Gasteiger partial charge in [-0.1, -0.05) is 0 Å². The number of ether oxygens (including phenoxy) is 2. The molecule has 40 heavy (non-hydrogen) atoms. The summed E-state index contributed by atoms with van der Waals surface area (Å²) in [4.78, 5) is 19.2. The van der Waals surface area contributed by atoms with Crippen LogP contribution in [-0.2, 0) is 13.6 Å². The molecule has 0 aliphatic carbocycles. The minimum Gasteiger partial charge on any atom is -0.494 e. The molecule has 1 aliphatic heterocycles. The molecule has 1 amide bonds. The molecule has 0 radical (unpaired) electrons. The molecule has 208 valence electrons. The summed E-state index contributed by atoms with van der Waals surface area (Å²) in [5.74, 6) is 0.701. The minimum atomic E-state index is -1.14. The van der Waals surface area contributed by atoms with Gasteiger partial charge in [-0.15, -0.1) is 10.2 Å². The highest BCUT2D eigenvalue weighted by molar-refractivity contribution is 5.96. The van der Waals surface area contributed by atoms with Crippen LogP contribution < -0.4 is 15.2 Å². The standard InChI is InChI=1S/C27H30FN9O3/c1-16-23(21-8-17-4-5-30-26(25(17)34(21)2)40-7-6-35-14-31-32-15-35)33-37-11-18(9-22(39-3)24(16)37)27(38)36-12-19(28)10-20(29)13-36/h4-5,8-9,11,14-15,19-20H,6-7,10,12-13,29H2,1-3H3/t19-,20-/m1/s1. The van der Waals surface area contributed by atoms with Gasteiger partial charge in [0.25, 0.3) is 5.91 Å². The second-order valence-corrected chi connectivity index (χ2v) is 10.1. The molecular weight excluding hydrogens is 517 g/mol. The fraction of sp³-hybridized carbons (Fsp3) is 0.370. The number of nitrogens with zero attached hydrogens (tertiary/aromatic N) is 8. The monoisotopic (exact) mass is 547 g/mol. The number of fused-ring (bicyclic) bond motifs is 2. The van der Waals surface area contributed by atoms with Crippen LogP contribution in [0.2, 0.25) is 0 Å². The van der Waals surface area contributed by atoms with Crippen molar-refractivity contribution in [3.63, 3.8) is 0 Å². The van der Waals surface area contributed by atoms with Gasteiger partial charge in [0.1, 0.15) is 47.9 Å². The quantitative estimate of drug-likeness (QED) is 0.329. The molecule has 5 aromatic heterocycles. The Kier molecular flexibility index (Phi) is 6.58. The first-order valence-corrected chi connectivity index (χ1v) is 13.0. The summed E-state index contributed by atoms with van der Waals surface area (Å²) in [7, 11) is 3.49. The van der Waals surface area contributed by atoms with Crippen LogP contribution in [0.15, 0.2) is 43.2 Å². The Balaban J connectivity index is 1.36. The molecule has 1 aliphatic rings. The van der Waals surface area contributed by atoms with Crippen molar-refractivity contribution in [2.45, 2.75) is 32.1 Å². The second kappa shape index (κ2) is 10.2. The largest absolute Gasteiger partial charge is 0.494 e. The number of hydrogen-bond donors (Lipinski definition) is 1. The van der Waals surface area contributed by atoms with Crippen molar-refractivity contribution >= 4 is 22.3 Å². The Hall–Kier alpha value is -4.52. The fourth-order valence-corrected chi connectivity index (χ4v) is 5.41. The average molecular weight is 548 g/mol. The third kappa shape index (κ3) is 4.51. The number of carbonyl (C=O) groups is 1. The molecule has 5 aromatic rings. The number of aryl methyl sites for hydroxylation is 2. The predicted octanol–water partition coefficient (Wildman–Crippen LogP) is 2.39. The molecule has 1 fully saturated rings. The number of likely N-dealkylation sites (tertiary alicyclic amines) is 1. The molecule has 0 saturated carbocycles. The van der Waals surface area contributed by atoms with Crippen molar-refractivity contribution in [2.75, 3.05) is 26.8 Å². The highest BCUT2D eigenvalue weighted by Crippen LogP contribution is 2.36. The van der Waals surface area contributed by atoms with E-state index in [4.69, 9.17) is 20.3 Å². The van der Waals surface area contributed by atoms with E-state index in [1.165, 1.54) is 4.90 Å². The lowest BCUT2D eigenvalue weighted by atomic mass is 10.0. The number of halogens is 1. The molecule has 6 rings (SSSR count). The number of methoxy groups -OCH3 is 1. The van der Waals surface area contributed by atoms with E-state index in [0.29, 0.717) is 36.9 Å². The van der Waals surface area contributed by atoms with E-state index in [1.807, 2.05) is 35.2 Å². The zero-order valence-electron chi connectivity index (χ0n) is 22.5. The Morgan fingerprint density at radius 2 is 2.00 bits per heavy atom. The minimum absolute atomic E-state index is 0.0177. The first kappa shape index (κ1) is 25.7. The van der Waals surface area contributed by atoms with Crippen LogP contribution in [0.5, 0.6) is 11.6 Å². The summed E-state index contributed by atoms with van der Waals surface area (Å²) in [6.45, 7) is 3.27. The number of amides is 1. The summed E-state index contributed by atoms with van der Waals surface area (Å²) in [6, 6.07) is 5.24. The number of hydrogen-bond acceptors (Lipinski definition) is 8. The Morgan fingerprint density at radius 3 is 2.75 bits per heavy atom. The van der Waals surface area contributed by atoms with Crippen molar-refractivity contribution < 1.29 is 18.7 Å². The smallest absolute Gasteiger partial charge is 0.255 e. The molecule has 13 heteroatoms. The molecule has 0 spiro atoms. The van der Waals surface area contributed by atoms with Gasteiger partial charge in [0, 0.05) is 43.0 Å². The predicted molar refractivity (Wildman–Crippen MR) is 145 cm³/mol. The summed E-state index contributed by atoms with van der Waals surface area (Å²) < 4.78 is 31.4. The van der Waals surface area contributed by atoms with E-state index in [-0.39, 0.29) is 18.9 Å². The van der Waals surface area contributed by atoms with Crippen LogP contribution in [0.25, 0.3) is 27.8 Å². The molecule has 2 N–H and O–H groups in total. The highest BCUT2D eigenvalue weighted by atomic mass is 19.1. The number of nitrogens with two attached hydrogens (primary N) is 1. The number of piperidine rings is 1. The van der Waals surface area contributed by atoms with Crippen LogP contribution in [0.4, 0.5) is 4.39 Å². The molecule has 2 atom stereocenters. The maximum atomic E-state index is 14.2. The van der Waals surface area contributed by atoms with Gasteiger partial charge in [-0.25, -0.2) is 13.9 Å². The summed E-state index contributed by atoms with van der Waals surface area (Å²) in [6.07, 6.45) is 5.76. The van der Waals surface area contributed by atoms with Crippen molar-refractivity contribution in [2.24, 2.45) is 12.8 Å². The first-order chi connectivity index (χ1) is 19.3. The third-order valence-corrected chi connectivity index (χ3v) is 7.32. The van der Waals surface area contributed by atoms with Gasteiger partial charge in [0.05, 0.1) is 31.5 Å². The van der Waals surface area contributed by atoms with Gasteiger partial charge in [-0.05, 0) is 31.5 Å². The van der Waals surface area contributed by atoms with Gasteiger partial charge in [0.2, 0.25) is 5.88 Å². The average Bonchev–Trinajstić information content (AvgIpc) is 3.66. The van der Waals surface area contributed by atoms with Gasteiger partial charge in [0.15, 0.2) is 0 Å². The van der Waals surface area contributed by atoms with E-state index >= 15 is 0 Å². The lowest BCUT2D eigenvalue weighted by Crippen LogP contribution is -2.50. The number of alkyl halides is 1. The lowest BCUT2D eigenvalue weighted by molar-refractivity contribution is 0.0606. The fourth-order valence-electron chi connectivity index (χ4n) is 5.41. The number of pyridine rings is 2. The normalized spacial score (nSPS) is 17.6. The van der Waals surface area contributed by atoms with Crippen molar-refractivity contribution in [3.05, 3.63) is 54.4 Å². The summed E-state index contributed by atoms with van der Waals surface area (Å²) in [5.41, 5.74) is 10.4. The van der Waals surface area contributed by atoms with E-state index in [1.54, 1.807) is 42.7 Å². The van der Waals surface area contributed by atoms with Crippen molar-refractivity contribution in [3.8, 4) is 23.0 Å². The Bertz CT molecular complexity index is 1680. The molecule has 0 unspecified atom stereocenters. The first-order valence-electron chi connectivity index (χ1n) is 13.0. The highest BCUT2D eigenvalue weighted by Gasteiger charge is 2.30. The maximum Gasteiger partial charge on any atom is 0.255 e. The third-order valence-electron chi connectivity index (χ3n) is 7.32. The zero-order valence-corrected chi connectivity index (χ0v) is 22.5.